The van der Waals surface area contributed by atoms with Crippen molar-refractivity contribution in [2.75, 3.05) is 0 Å². The minimum atomic E-state index is 0.249. The summed E-state index contributed by atoms with van der Waals surface area (Å²) < 4.78 is 1.75. The Bertz CT molecular complexity index is 576. The molecule has 1 heterocycles. The molecule has 0 spiro atoms. The van der Waals surface area contributed by atoms with Crippen LogP contribution in [0.1, 0.15) is 39.0 Å². The molecule has 0 saturated heterocycles. The highest BCUT2D eigenvalue weighted by atomic mass is 32.2. The molecule has 1 aliphatic rings. The summed E-state index contributed by atoms with van der Waals surface area (Å²) in [5, 5.41) is 22.8. The number of thioether (sulfide) groups is 1. The number of hydrogen-bond donors (Lipinski definition) is 1. The minimum Gasteiger partial charge on any atom is -0.508 e. The molecule has 1 saturated carbocycles. The highest BCUT2D eigenvalue weighted by molar-refractivity contribution is 7.99. The van der Waals surface area contributed by atoms with Crippen molar-refractivity contribution in [2.24, 2.45) is 5.92 Å². The first-order chi connectivity index (χ1) is 10.3. The number of tetrazole rings is 1. The molecule has 1 fully saturated rings. The zero-order valence-electron chi connectivity index (χ0n) is 12.1. The molecule has 0 amide bonds. The quantitative estimate of drug-likeness (QED) is 0.937. The van der Waals surface area contributed by atoms with Gasteiger partial charge in [-0.1, -0.05) is 25.1 Å². The van der Waals surface area contributed by atoms with Gasteiger partial charge in [0.2, 0.25) is 5.16 Å². The molecule has 0 bridgehead atoms. The molecule has 112 valence electrons. The summed E-state index contributed by atoms with van der Waals surface area (Å²) in [5.41, 5.74) is 0.877. The van der Waals surface area contributed by atoms with Gasteiger partial charge in [0.1, 0.15) is 5.75 Å². The molecule has 5 nitrogen and oxygen atoms in total. The maximum atomic E-state index is 9.37. The van der Waals surface area contributed by atoms with E-state index in [0.717, 1.165) is 16.8 Å². The largest absolute Gasteiger partial charge is 0.508 e. The van der Waals surface area contributed by atoms with E-state index in [1.54, 1.807) is 28.6 Å². The van der Waals surface area contributed by atoms with Crippen molar-refractivity contribution in [1.29, 1.82) is 0 Å². The van der Waals surface area contributed by atoms with Gasteiger partial charge in [-0.25, -0.2) is 0 Å². The van der Waals surface area contributed by atoms with Crippen LogP contribution in [-0.4, -0.2) is 30.6 Å². The smallest absolute Gasteiger partial charge is 0.214 e. The molecule has 1 aromatic heterocycles. The van der Waals surface area contributed by atoms with Crippen LogP contribution in [0, 0.1) is 5.92 Å². The molecule has 1 aromatic carbocycles. The predicted molar refractivity (Wildman–Crippen MR) is 82.7 cm³/mol. The van der Waals surface area contributed by atoms with E-state index in [4.69, 9.17) is 0 Å². The minimum absolute atomic E-state index is 0.249. The first kappa shape index (κ1) is 14.4. The Labute approximate surface area is 128 Å². The van der Waals surface area contributed by atoms with Gasteiger partial charge in [0.15, 0.2) is 0 Å². The van der Waals surface area contributed by atoms with Crippen molar-refractivity contribution in [1.82, 2.24) is 20.2 Å². The Balaban J connectivity index is 1.70. The normalized spacial score (nSPS) is 22.3. The van der Waals surface area contributed by atoms with Crippen molar-refractivity contribution in [3.63, 3.8) is 0 Å². The fraction of sp³-hybridized carbons (Fsp3) is 0.533. The summed E-state index contributed by atoms with van der Waals surface area (Å²) in [4.78, 5) is 0. The molecule has 6 heteroatoms. The summed E-state index contributed by atoms with van der Waals surface area (Å²) in [5.74, 6) is 1.15. The third kappa shape index (κ3) is 3.37. The summed E-state index contributed by atoms with van der Waals surface area (Å²) in [6.45, 7) is 2.28. The Morgan fingerprint density at radius 2 is 1.90 bits per heavy atom. The fourth-order valence-electron chi connectivity index (χ4n) is 2.82. The number of aromatic hydroxyl groups is 1. The van der Waals surface area contributed by atoms with E-state index in [1.807, 2.05) is 12.1 Å². The van der Waals surface area contributed by atoms with Gasteiger partial charge in [0.05, 0.1) is 5.69 Å². The van der Waals surface area contributed by atoms with E-state index in [2.05, 4.69) is 22.4 Å². The van der Waals surface area contributed by atoms with Gasteiger partial charge in [-0.15, -0.1) is 5.10 Å². The van der Waals surface area contributed by atoms with E-state index in [9.17, 15) is 5.11 Å². The maximum absolute atomic E-state index is 9.37. The fourth-order valence-corrected chi connectivity index (χ4v) is 3.95. The van der Waals surface area contributed by atoms with Gasteiger partial charge in [-0.2, -0.15) is 4.68 Å². The van der Waals surface area contributed by atoms with Crippen molar-refractivity contribution in [3.05, 3.63) is 24.3 Å². The number of benzene rings is 1. The van der Waals surface area contributed by atoms with Gasteiger partial charge >= 0.3 is 0 Å². The molecule has 0 radical (unpaired) electrons. The zero-order valence-corrected chi connectivity index (χ0v) is 13.0. The van der Waals surface area contributed by atoms with E-state index < -0.39 is 0 Å². The number of phenolic OH excluding ortho intramolecular Hbond substituents is 1. The van der Waals surface area contributed by atoms with Crippen LogP contribution in [0.2, 0.25) is 0 Å². The van der Waals surface area contributed by atoms with Gasteiger partial charge in [0.25, 0.3) is 0 Å². The Morgan fingerprint density at radius 3 is 2.57 bits per heavy atom. The second kappa shape index (κ2) is 6.47. The molecule has 1 aliphatic carbocycles. The number of nitrogens with zero attached hydrogens (tertiary/aromatic N) is 4. The van der Waals surface area contributed by atoms with Crippen LogP contribution < -0.4 is 0 Å². The molecular weight excluding hydrogens is 284 g/mol. The lowest BCUT2D eigenvalue weighted by molar-refractivity contribution is 0.356. The highest BCUT2D eigenvalue weighted by Gasteiger charge is 2.23. The van der Waals surface area contributed by atoms with Crippen LogP contribution in [0.25, 0.3) is 5.69 Å². The lowest BCUT2D eigenvalue weighted by atomic mass is 9.87. The standard InChI is InChI=1S/C15H20N4OS/c1-2-11-3-9-14(10-4-11)21-15-16-17-18-19(15)12-5-7-13(20)8-6-12/h5-8,11,14,20H,2-4,9-10H2,1H3. The summed E-state index contributed by atoms with van der Waals surface area (Å²) in [7, 11) is 0. The highest BCUT2D eigenvalue weighted by Crippen LogP contribution is 2.36. The SMILES string of the molecule is CCC1CCC(Sc2nnnn2-c2ccc(O)cc2)CC1. The average molecular weight is 304 g/mol. The number of rotatable bonds is 4. The molecule has 0 unspecified atom stereocenters. The van der Waals surface area contributed by atoms with Crippen LogP contribution in [0.5, 0.6) is 5.75 Å². The molecule has 1 N–H and O–H groups in total. The topological polar surface area (TPSA) is 63.8 Å². The van der Waals surface area contributed by atoms with Gasteiger partial charge in [0, 0.05) is 5.25 Å². The van der Waals surface area contributed by atoms with Gasteiger partial charge in [-0.3, -0.25) is 0 Å². The molecule has 0 atom stereocenters. The Hall–Kier alpha value is -1.56. The molecule has 0 aliphatic heterocycles. The third-order valence-electron chi connectivity index (χ3n) is 4.18. The molecule has 3 rings (SSSR count). The third-order valence-corrected chi connectivity index (χ3v) is 5.45. The van der Waals surface area contributed by atoms with E-state index in [1.165, 1.54) is 32.1 Å². The van der Waals surface area contributed by atoms with Crippen LogP contribution >= 0.6 is 11.8 Å². The summed E-state index contributed by atoms with van der Waals surface area (Å²) in [6.07, 6.45) is 6.41. The van der Waals surface area contributed by atoms with E-state index in [-0.39, 0.29) is 5.75 Å². The summed E-state index contributed by atoms with van der Waals surface area (Å²) in [6, 6.07) is 6.95. The maximum Gasteiger partial charge on any atom is 0.214 e. The summed E-state index contributed by atoms with van der Waals surface area (Å²) >= 11 is 1.77. The van der Waals surface area contributed by atoms with Crippen LogP contribution in [-0.2, 0) is 0 Å². The van der Waals surface area contributed by atoms with E-state index >= 15 is 0 Å². The second-order valence-electron chi connectivity index (χ2n) is 5.56. The van der Waals surface area contributed by atoms with Crippen molar-refractivity contribution < 1.29 is 5.11 Å². The van der Waals surface area contributed by atoms with E-state index in [0.29, 0.717) is 5.25 Å². The van der Waals surface area contributed by atoms with Crippen LogP contribution in [0.15, 0.2) is 29.4 Å². The number of aromatic nitrogens is 4. The molecular formula is C15H20N4OS. The lowest BCUT2D eigenvalue weighted by Crippen LogP contribution is -2.16. The zero-order chi connectivity index (χ0) is 14.7. The number of hydrogen-bond acceptors (Lipinski definition) is 5. The first-order valence-electron chi connectivity index (χ1n) is 7.50. The second-order valence-corrected chi connectivity index (χ2v) is 6.83. The Kier molecular flexibility index (Phi) is 4.43. The monoisotopic (exact) mass is 304 g/mol. The van der Waals surface area contributed by atoms with Crippen LogP contribution in [0.3, 0.4) is 0 Å². The van der Waals surface area contributed by atoms with Crippen molar-refractivity contribution >= 4 is 11.8 Å². The van der Waals surface area contributed by atoms with Crippen LogP contribution in [0.4, 0.5) is 0 Å². The first-order valence-corrected chi connectivity index (χ1v) is 8.38. The van der Waals surface area contributed by atoms with Gasteiger partial charge < -0.3 is 5.11 Å². The van der Waals surface area contributed by atoms with Crippen molar-refractivity contribution in [3.8, 4) is 11.4 Å². The number of phenols is 1. The molecule has 21 heavy (non-hydrogen) atoms. The predicted octanol–water partition coefficient (Wildman–Crippen LogP) is 3.43. The lowest BCUT2D eigenvalue weighted by Gasteiger charge is -2.26. The molecule has 2 aromatic rings. The Morgan fingerprint density at radius 1 is 1.19 bits per heavy atom. The van der Waals surface area contributed by atoms with Crippen molar-refractivity contribution in [2.45, 2.75) is 49.4 Å². The average Bonchev–Trinajstić information content (AvgIpc) is 2.97. The van der Waals surface area contributed by atoms with Gasteiger partial charge in [-0.05, 0) is 66.3 Å².